The molecule has 0 saturated carbocycles. The minimum absolute atomic E-state index is 0.000112. The van der Waals surface area contributed by atoms with Crippen LogP contribution in [0.2, 0.25) is 0 Å². The molecule has 1 aromatic carbocycles. The SMILES string of the molecule is Cc1nc2c(N)nc3ccccc3c2n1CC(C)(C)OCCS(C)(=O)=O. The number of sulfone groups is 1. The van der Waals surface area contributed by atoms with Gasteiger partial charge in [0, 0.05) is 11.6 Å². The number of hydrogen-bond donors (Lipinski definition) is 1. The highest BCUT2D eigenvalue weighted by Gasteiger charge is 2.24. The lowest BCUT2D eigenvalue weighted by Crippen LogP contribution is -2.32. The molecule has 0 radical (unpaired) electrons. The maximum Gasteiger partial charge on any atom is 0.152 e. The first-order chi connectivity index (χ1) is 12.1. The smallest absolute Gasteiger partial charge is 0.152 e. The number of nitrogens with zero attached hydrogens (tertiary/aromatic N) is 3. The van der Waals surface area contributed by atoms with E-state index in [0.29, 0.717) is 17.9 Å². The number of fused-ring (bicyclic) bond motifs is 3. The van der Waals surface area contributed by atoms with Gasteiger partial charge in [-0.3, -0.25) is 0 Å². The first-order valence-corrected chi connectivity index (χ1v) is 10.5. The van der Waals surface area contributed by atoms with Crippen LogP contribution in [0.15, 0.2) is 24.3 Å². The fourth-order valence-electron chi connectivity index (χ4n) is 3.06. The minimum atomic E-state index is -3.05. The van der Waals surface area contributed by atoms with Crippen molar-refractivity contribution in [2.24, 2.45) is 0 Å². The predicted octanol–water partition coefficient (Wildman–Crippen LogP) is 2.31. The molecule has 0 spiro atoms. The summed E-state index contributed by atoms with van der Waals surface area (Å²) in [5, 5.41) is 0.976. The van der Waals surface area contributed by atoms with Gasteiger partial charge in [-0.25, -0.2) is 18.4 Å². The largest absolute Gasteiger partial charge is 0.382 e. The van der Waals surface area contributed by atoms with Gasteiger partial charge in [-0.15, -0.1) is 0 Å². The molecule has 0 amide bonds. The lowest BCUT2D eigenvalue weighted by atomic mass is 10.1. The average molecular weight is 376 g/mol. The van der Waals surface area contributed by atoms with Gasteiger partial charge in [0.1, 0.15) is 21.2 Å². The van der Waals surface area contributed by atoms with Crippen molar-refractivity contribution >= 4 is 37.6 Å². The topological polar surface area (TPSA) is 100 Å². The van der Waals surface area contributed by atoms with Gasteiger partial charge >= 0.3 is 0 Å². The molecule has 0 fully saturated rings. The molecule has 7 nitrogen and oxygen atoms in total. The van der Waals surface area contributed by atoms with Crippen LogP contribution in [0, 0.1) is 6.92 Å². The second kappa shape index (κ2) is 6.51. The molecule has 0 aliphatic carbocycles. The summed E-state index contributed by atoms with van der Waals surface area (Å²) in [5.41, 5.74) is 7.95. The van der Waals surface area contributed by atoms with Crippen LogP contribution in [0.1, 0.15) is 19.7 Å². The van der Waals surface area contributed by atoms with E-state index in [1.54, 1.807) is 0 Å². The number of rotatable bonds is 6. The number of hydrogen-bond acceptors (Lipinski definition) is 6. The Morgan fingerprint density at radius 2 is 1.92 bits per heavy atom. The van der Waals surface area contributed by atoms with E-state index in [1.165, 1.54) is 6.26 Å². The van der Waals surface area contributed by atoms with Gasteiger partial charge in [0.15, 0.2) is 5.82 Å². The van der Waals surface area contributed by atoms with E-state index < -0.39 is 15.4 Å². The summed E-state index contributed by atoms with van der Waals surface area (Å²) in [6.45, 7) is 6.47. The normalized spacial score (nSPS) is 12.9. The molecule has 2 N–H and O–H groups in total. The summed E-state index contributed by atoms with van der Waals surface area (Å²) < 4.78 is 30.6. The first kappa shape index (κ1) is 18.6. The number of aromatic nitrogens is 3. The summed E-state index contributed by atoms with van der Waals surface area (Å²) in [6.07, 6.45) is 1.21. The van der Waals surface area contributed by atoms with E-state index in [4.69, 9.17) is 10.5 Å². The van der Waals surface area contributed by atoms with Crippen molar-refractivity contribution in [3.8, 4) is 0 Å². The lowest BCUT2D eigenvalue weighted by molar-refractivity contribution is -0.0209. The Labute approximate surface area is 153 Å². The molecule has 0 aliphatic rings. The predicted molar refractivity (Wildman–Crippen MR) is 104 cm³/mol. The highest BCUT2D eigenvalue weighted by atomic mass is 32.2. The molecule has 0 unspecified atom stereocenters. The van der Waals surface area contributed by atoms with E-state index >= 15 is 0 Å². The Hall–Kier alpha value is -2.19. The van der Waals surface area contributed by atoms with Gasteiger partial charge in [-0.05, 0) is 26.8 Å². The number of nitrogens with two attached hydrogens (primary N) is 1. The number of benzene rings is 1. The van der Waals surface area contributed by atoms with Crippen LogP contribution < -0.4 is 5.73 Å². The summed E-state index contributed by atoms with van der Waals surface area (Å²) in [5.74, 6) is 1.21. The molecule has 3 aromatic rings. The van der Waals surface area contributed by atoms with Gasteiger partial charge in [0.05, 0.1) is 35.5 Å². The van der Waals surface area contributed by atoms with Crippen molar-refractivity contribution < 1.29 is 13.2 Å². The van der Waals surface area contributed by atoms with Crippen LogP contribution in [0.3, 0.4) is 0 Å². The third kappa shape index (κ3) is 3.81. The number of pyridine rings is 1. The Morgan fingerprint density at radius 3 is 2.62 bits per heavy atom. The number of aryl methyl sites for hydroxylation is 1. The average Bonchev–Trinajstić information content (AvgIpc) is 2.83. The van der Waals surface area contributed by atoms with Gasteiger partial charge in [0.2, 0.25) is 0 Å². The zero-order chi connectivity index (χ0) is 19.1. The molecule has 0 aliphatic heterocycles. The van der Waals surface area contributed by atoms with Crippen molar-refractivity contribution in [2.45, 2.75) is 32.9 Å². The van der Waals surface area contributed by atoms with Gasteiger partial charge < -0.3 is 15.0 Å². The molecular formula is C18H24N4O3S. The molecule has 2 aromatic heterocycles. The summed E-state index contributed by atoms with van der Waals surface area (Å²) in [4.78, 5) is 9.03. The highest BCUT2D eigenvalue weighted by molar-refractivity contribution is 7.90. The van der Waals surface area contributed by atoms with E-state index in [1.807, 2.05) is 45.0 Å². The van der Waals surface area contributed by atoms with Crippen molar-refractivity contribution in [1.82, 2.24) is 14.5 Å². The molecule has 3 rings (SSSR count). The summed E-state index contributed by atoms with van der Waals surface area (Å²) in [7, 11) is -3.05. The second-order valence-electron chi connectivity index (χ2n) is 7.19. The maximum absolute atomic E-state index is 11.3. The third-order valence-electron chi connectivity index (χ3n) is 4.29. The maximum atomic E-state index is 11.3. The van der Waals surface area contributed by atoms with Crippen LogP contribution in [0.25, 0.3) is 21.9 Å². The van der Waals surface area contributed by atoms with Crippen molar-refractivity contribution in [2.75, 3.05) is 24.3 Å². The Balaban J connectivity index is 2.01. The summed E-state index contributed by atoms with van der Waals surface area (Å²) >= 11 is 0. The van der Waals surface area contributed by atoms with Crippen LogP contribution in [0.5, 0.6) is 0 Å². The zero-order valence-corrected chi connectivity index (χ0v) is 16.3. The van der Waals surface area contributed by atoms with Crippen molar-refractivity contribution in [3.63, 3.8) is 0 Å². The monoisotopic (exact) mass is 376 g/mol. The molecule has 8 heteroatoms. The standard InChI is InChI=1S/C18H24N4O3S/c1-12-20-15-16(13-7-5-6-8-14(13)21-17(15)19)22(12)11-18(2,3)25-9-10-26(4,23)24/h5-8H,9-11H2,1-4H3,(H2,19,21). The number of anilines is 1. The first-order valence-electron chi connectivity index (χ1n) is 8.40. The van der Waals surface area contributed by atoms with Gasteiger partial charge in [-0.2, -0.15) is 0 Å². The summed E-state index contributed by atoms with van der Waals surface area (Å²) in [6, 6.07) is 7.80. The van der Waals surface area contributed by atoms with Gasteiger partial charge in [0.25, 0.3) is 0 Å². The number of imidazole rings is 1. The second-order valence-corrected chi connectivity index (χ2v) is 9.45. The Morgan fingerprint density at radius 1 is 1.23 bits per heavy atom. The number of ether oxygens (including phenoxy) is 1. The van der Waals surface area contributed by atoms with Gasteiger partial charge in [-0.1, -0.05) is 18.2 Å². The Kier molecular flexibility index (Phi) is 4.66. The van der Waals surface area contributed by atoms with Crippen LogP contribution in [0.4, 0.5) is 5.82 Å². The molecule has 2 heterocycles. The van der Waals surface area contributed by atoms with E-state index in [-0.39, 0.29) is 12.4 Å². The van der Waals surface area contributed by atoms with Crippen molar-refractivity contribution in [1.29, 1.82) is 0 Å². The zero-order valence-electron chi connectivity index (χ0n) is 15.5. The van der Waals surface area contributed by atoms with Crippen LogP contribution in [-0.2, 0) is 21.1 Å². The quantitative estimate of drug-likeness (QED) is 0.709. The molecule has 26 heavy (non-hydrogen) atoms. The molecule has 140 valence electrons. The molecule has 0 atom stereocenters. The fourth-order valence-corrected chi connectivity index (χ4v) is 3.45. The highest BCUT2D eigenvalue weighted by Crippen LogP contribution is 2.30. The van der Waals surface area contributed by atoms with Crippen LogP contribution in [-0.4, -0.2) is 47.2 Å². The molecule has 0 bridgehead atoms. The fraction of sp³-hybridized carbons (Fsp3) is 0.444. The number of nitrogen functional groups attached to an aromatic ring is 1. The number of para-hydroxylation sites is 1. The van der Waals surface area contributed by atoms with Crippen molar-refractivity contribution in [3.05, 3.63) is 30.1 Å². The van der Waals surface area contributed by atoms with E-state index in [0.717, 1.165) is 22.2 Å². The molecular weight excluding hydrogens is 352 g/mol. The minimum Gasteiger partial charge on any atom is -0.382 e. The molecule has 0 saturated heterocycles. The Bertz CT molecular complexity index is 1070. The lowest BCUT2D eigenvalue weighted by Gasteiger charge is -2.27. The van der Waals surface area contributed by atoms with E-state index in [9.17, 15) is 8.42 Å². The van der Waals surface area contributed by atoms with E-state index in [2.05, 4.69) is 14.5 Å². The third-order valence-corrected chi connectivity index (χ3v) is 5.20. The van der Waals surface area contributed by atoms with Crippen LogP contribution >= 0.6 is 0 Å².